The van der Waals surface area contributed by atoms with Gasteiger partial charge >= 0.3 is 6.18 Å². The molecule has 1 fully saturated rings. The molecule has 0 aliphatic heterocycles. The molecule has 1 aliphatic carbocycles. The Morgan fingerprint density at radius 2 is 1.84 bits per heavy atom. The summed E-state index contributed by atoms with van der Waals surface area (Å²) < 4.78 is 36.7. The van der Waals surface area contributed by atoms with Crippen LogP contribution in [0.4, 0.5) is 13.2 Å². The highest BCUT2D eigenvalue weighted by Crippen LogP contribution is 2.35. The maximum atomic E-state index is 12.2. The monoisotopic (exact) mass is 276 g/mol. The molecule has 6 heteroatoms. The summed E-state index contributed by atoms with van der Waals surface area (Å²) in [6, 6.07) is 1.03. The molecule has 1 amide bonds. The van der Waals surface area contributed by atoms with E-state index >= 15 is 0 Å². The third kappa shape index (κ3) is 4.73. The molecule has 0 bridgehead atoms. The van der Waals surface area contributed by atoms with Gasteiger partial charge in [-0.3, -0.25) is 4.79 Å². The maximum Gasteiger partial charge on any atom is 0.391 e. The Morgan fingerprint density at radius 1 is 1.32 bits per heavy atom. The summed E-state index contributed by atoms with van der Waals surface area (Å²) in [5.41, 5.74) is -1.14. The van der Waals surface area contributed by atoms with Gasteiger partial charge in [0.25, 0.3) is 0 Å². The largest absolute Gasteiger partial charge is 0.391 e. The fraction of sp³-hybridized carbons (Fsp3) is 0.846. The van der Waals surface area contributed by atoms with Gasteiger partial charge in [0.1, 0.15) is 5.41 Å². The molecule has 1 aliphatic rings. The third-order valence-electron chi connectivity index (χ3n) is 3.52. The van der Waals surface area contributed by atoms with Gasteiger partial charge in [-0.1, -0.05) is 25.7 Å². The van der Waals surface area contributed by atoms with Crippen LogP contribution in [0.2, 0.25) is 0 Å². The van der Waals surface area contributed by atoms with E-state index in [1.807, 2.05) is 6.07 Å². The van der Waals surface area contributed by atoms with Crippen molar-refractivity contribution in [2.45, 2.75) is 64.1 Å². The SMILES string of the molecule is CC(CC(F)(F)F)NC(=O)C1(C#N)CCCCCC1. The van der Waals surface area contributed by atoms with Crippen LogP contribution < -0.4 is 5.32 Å². The Hall–Kier alpha value is -1.25. The lowest BCUT2D eigenvalue weighted by molar-refractivity contribution is -0.143. The molecule has 0 aromatic heterocycles. The molecular formula is C13H19F3N2O. The van der Waals surface area contributed by atoms with E-state index in [0.29, 0.717) is 12.8 Å². The van der Waals surface area contributed by atoms with Gasteiger partial charge in [0.05, 0.1) is 12.5 Å². The van der Waals surface area contributed by atoms with Crippen LogP contribution in [0.5, 0.6) is 0 Å². The number of carbonyl (C=O) groups is 1. The second-order valence-corrected chi connectivity index (χ2v) is 5.30. The molecular weight excluding hydrogens is 257 g/mol. The van der Waals surface area contributed by atoms with E-state index in [0.717, 1.165) is 25.7 Å². The number of hydrogen-bond donors (Lipinski definition) is 1. The van der Waals surface area contributed by atoms with E-state index in [4.69, 9.17) is 0 Å². The number of halogens is 3. The number of alkyl halides is 3. The zero-order valence-corrected chi connectivity index (χ0v) is 11.0. The summed E-state index contributed by atoms with van der Waals surface area (Å²) in [6.07, 6.45) is -1.02. The lowest BCUT2D eigenvalue weighted by Crippen LogP contribution is -2.45. The van der Waals surface area contributed by atoms with Crippen molar-refractivity contribution in [1.29, 1.82) is 5.26 Å². The molecule has 1 N–H and O–H groups in total. The smallest absolute Gasteiger partial charge is 0.352 e. The molecule has 0 heterocycles. The van der Waals surface area contributed by atoms with E-state index < -0.39 is 30.0 Å². The van der Waals surface area contributed by atoms with Crippen LogP contribution in [0.3, 0.4) is 0 Å². The quantitative estimate of drug-likeness (QED) is 0.804. The summed E-state index contributed by atoms with van der Waals surface area (Å²) >= 11 is 0. The minimum atomic E-state index is -4.31. The first-order valence-electron chi connectivity index (χ1n) is 6.58. The number of carbonyl (C=O) groups excluding carboxylic acids is 1. The highest BCUT2D eigenvalue weighted by atomic mass is 19.4. The molecule has 0 spiro atoms. The second kappa shape index (κ2) is 6.27. The zero-order chi connectivity index (χ0) is 14.5. The average molecular weight is 276 g/mol. The fourth-order valence-electron chi connectivity index (χ4n) is 2.48. The molecule has 19 heavy (non-hydrogen) atoms. The van der Waals surface area contributed by atoms with Crippen LogP contribution in [0.1, 0.15) is 51.9 Å². The van der Waals surface area contributed by atoms with Crippen molar-refractivity contribution in [2.75, 3.05) is 0 Å². The predicted molar refractivity (Wildman–Crippen MR) is 64.0 cm³/mol. The number of nitriles is 1. The van der Waals surface area contributed by atoms with Crippen molar-refractivity contribution >= 4 is 5.91 Å². The molecule has 1 saturated carbocycles. The Balaban J connectivity index is 2.66. The molecule has 108 valence electrons. The molecule has 0 radical (unpaired) electrons. The van der Waals surface area contributed by atoms with Crippen LogP contribution in [-0.4, -0.2) is 18.1 Å². The number of amides is 1. The molecule has 0 aromatic rings. The molecule has 1 rings (SSSR count). The number of rotatable bonds is 3. The first-order valence-corrected chi connectivity index (χ1v) is 6.58. The van der Waals surface area contributed by atoms with Gasteiger partial charge in [0.2, 0.25) is 5.91 Å². The zero-order valence-electron chi connectivity index (χ0n) is 11.0. The van der Waals surface area contributed by atoms with Gasteiger partial charge in [-0.2, -0.15) is 18.4 Å². The standard InChI is InChI=1S/C13H19F3N2O/c1-10(8-13(14,15)16)18-11(19)12(9-17)6-4-2-3-5-7-12/h10H,2-8H2,1H3,(H,18,19). The van der Waals surface area contributed by atoms with Crippen molar-refractivity contribution in [3.63, 3.8) is 0 Å². The summed E-state index contributed by atoms with van der Waals surface area (Å²) in [4.78, 5) is 12.1. The lowest BCUT2D eigenvalue weighted by Gasteiger charge is -2.26. The van der Waals surface area contributed by atoms with Gasteiger partial charge in [0, 0.05) is 6.04 Å². The van der Waals surface area contributed by atoms with Gasteiger partial charge < -0.3 is 5.32 Å². The minimum absolute atomic E-state index is 0.439. The van der Waals surface area contributed by atoms with Crippen molar-refractivity contribution < 1.29 is 18.0 Å². The van der Waals surface area contributed by atoms with Crippen LogP contribution >= 0.6 is 0 Å². The molecule has 1 atom stereocenters. The highest BCUT2D eigenvalue weighted by molar-refractivity contribution is 5.85. The minimum Gasteiger partial charge on any atom is -0.352 e. The number of nitrogens with zero attached hydrogens (tertiary/aromatic N) is 1. The van der Waals surface area contributed by atoms with Crippen molar-refractivity contribution in [2.24, 2.45) is 5.41 Å². The Kier molecular flexibility index (Phi) is 5.21. The molecule has 0 aromatic carbocycles. The van der Waals surface area contributed by atoms with E-state index in [1.54, 1.807) is 0 Å². The van der Waals surface area contributed by atoms with E-state index in [1.165, 1.54) is 6.92 Å². The first-order chi connectivity index (χ1) is 8.79. The van der Waals surface area contributed by atoms with E-state index in [2.05, 4.69) is 5.32 Å². The third-order valence-corrected chi connectivity index (χ3v) is 3.52. The van der Waals surface area contributed by atoms with Gasteiger partial charge in [-0.05, 0) is 19.8 Å². The van der Waals surface area contributed by atoms with Crippen LogP contribution in [0, 0.1) is 16.7 Å². The molecule has 0 saturated heterocycles. The van der Waals surface area contributed by atoms with E-state index in [9.17, 15) is 23.2 Å². The van der Waals surface area contributed by atoms with Gasteiger partial charge in [0.15, 0.2) is 0 Å². The summed E-state index contributed by atoms with van der Waals surface area (Å²) in [5.74, 6) is -0.548. The van der Waals surface area contributed by atoms with Gasteiger partial charge in [-0.15, -0.1) is 0 Å². The summed E-state index contributed by atoms with van der Waals surface area (Å²) in [7, 11) is 0. The van der Waals surface area contributed by atoms with Crippen molar-refractivity contribution in [1.82, 2.24) is 5.32 Å². The van der Waals surface area contributed by atoms with Crippen molar-refractivity contribution in [3.8, 4) is 6.07 Å². The first kappa shape index (κ1) is 15.8. The lowest BCUT2D eigenvalue weighted by atomic mass is 9.80. The second-order valence-electron chi connectivity index (χ2n) is 5.30. The summed E-state index contributed by atoms with van der Waals surface area (Å²) in [6.45, 7) is 1.31. The number of hydrogen-bond acceptors (Lipinski definition) is 2. The van der Waals surface area contributed by atoms with Gasteiger partial charge in [-0.25, -0.2) is 0 Å². The Labute approximate surface area is 111 Å². The van der Waals surface area contributed by atoms with Crippen molar-refractivity contribution in [3.05, 3.63) is 0 Å². The van der Waals surface area contributed by atoms with Crippen LogP contribution in [0.15, 0.2) is 0 Å². The highest BCUT2D eigenvalue weighted by Gasteiger charge is 2.40. The topological polar surface area (TPSA) is 52.9 Å². The summed E-state index contributed by atoms with van der Waals surface area (Å²) in [5, 5.41) is 11.6. The normalized spacial score (nSPS) is 21.0. The Morgan fingerprint density at radius 3 is 2.26 bits per heavy atom. The maximum absolute atomic E-state index is 12.2. The fourth-order valence-corrected chi connectivity index (χ4v) is 2.48. The Bertz CT molecular complexity index is 352. The predicted octanol–water partition coefficient (Wildman–Crippen LogP) is 3.31. The molecule has 3 nitrogen and oxygen atoms in total. The van der Waals surface area contributed by atoms with Crippen LogP contribution in [-0.2, 0) is 4.79 Å². The molecule has 1 unspecified atom stereocenters. The van der Waals surface area contributed by atoms with Crippen LogP contribution in [0.25, 0.3) is 0 Å². The average Bonchev–Trinajstić information content (AvgIpc) is 2.52. The van der Waals surface area contributed by atoms with E-state index in [-0.39, 0.29) is 0 Å². The number of nitrogens with one attached hydrogen (secondary N) is 1.